The lowest BCUT2D eigenvalue weighted by atomic mass is 9.83. The van der Waals surface area contributed by atoms with E-state index in [0.717, 1.165) is 19.4 Å². The van der Waals surface area contributed by atoms with E-state index in [1.807, 2.05) is 0 Å². The minimum Gasteiger partial charge on any atom is -0.379 e. The SMILES string of the molecule is CC(C)COCCOCC1(N)CCCCC1. The van der Waals surface area contributed by atoms with Gasteiger partial charge in [-0.15, -0.1) is 0 Å². The van der Waals surface area contributed by atoms with Crippen molar-refractivity contribution in [1.29, 1.82) is 0 Å². The molecule has 0 spiro atoms. The van der Waals surface area contributed by atoms with Gasteiger partial charge in [0.1, 0.15) is 0 Å². The van der Waals surface area contributed by atoms with Crippen LogP contribution in [0.4, 0.5) is 0 Å². The largest absolute Gasteiger partial charge is 0.379 e. The van der Waals surface area contributed by atoms with Crippen molar-refractivity contribution in [2.75, 3.05) is 26.4 Å². The van der Waals surface area contributed by atoms with E-state index < -0.39 is 0 Å². The van der Waals surface area contributed by atoms with Crippen molar-refractivity contribution < 1.29 is 9.47 Å². The minimum atomic E-state index is -0.0592. The van der Waals surface area contributed by atoms with Crippen LogP contribution in [0.15, 0.2) is 0 Å². The van der Waals surface area contributed by atoms with E-state index >= 15 is 0 Å². The maximum absolute atomic E-state index is 6.26. The summed E-state index contributed by atoms with van der Waals surface area (Å²) in [5.41, 5.74) is 6.20. The number of hydrogen-bond donors (Lipinski definition) is 1. The van der Waals surface area contributed by atoms with Gasteiger partial charge in [0.15, 0.2) is 0 Å². The molecule has 1 rings (SSSR count). The Morgan fingerprint density at radius 1 is 1.06 bits per heavy atom. The summed E-state index contributed by atoms with van der Waals surface area (Å²) in [6.07, 6.45) is 6.06. The topological polar surface area (TPSA) is 44.5 Å². The zero-order chi connectivity index (χ0) is 11.9. The molecular weight excluding hydrogens is 202 g/mol. The second-order valence-corrected chi connectivity index (χ2v) is 5.44. The molecule has 0 aromatic heterocycles. The number of ether oxygens (including phenoxy) is 2. The Balaban J connectivity index is 1.97. The van der Waals surface area contributed by atoms with Gasteiger partial charge in [0.25, 0.3) is 0 Å². The van der Waals surface area contributed by atoms with Gasteiger partial charge in [-0.05, 0) is 18.8 Å². The van der Waals surface area contributed by atoms with E-state index in [1.54, 1.807) is 0 Å². The molecule has 0 amide bonds. The molecule has 0 unspecified atom stereocenters. The quantitative estimate of drug-likeness (QED) is 0.681. The molecule has 3 heteroatoms. The molecule has 0 bridgehead atoms. The van der Waals surface area contributed by atoms with Gasteiger partial charge in [0.05, 0.1) is 19.8 Å². The molecule has 1 aliphatic carbocycles. The van der Waals surface area contributed by atoms with Crippen LogP contribution < -0.4 is 5.73 Å². The summed E-state index contributed by atoms with van der Waals surface area (Å²) in [5.74, 6) is 0.596. The zero-order valence-electron chi connectivity index (χ0n) is 10.8. The lowest BCUT2D eigenvalue weighted by molar-refractivity contribution is 0.0134. The molecule has 0 saturated heterocycles. The van der Waals surface area contributed by atoms with Gasteiger partial charge >= 0.3 is 0 Å². The molecule has 2 N–H and O–H groups in total. The minimum absolute atomic E-state index is 0.0592. The molecule has 1 saturated carbocycles. The summed E-state index contributed by atoms with van der Waals surface area (Å²) in [5, 5.41) is 0. The highest BCUT2D eigenvalue weighted by molar-refractivity contribution is 4.86. The highest BCUT2D eigenvalue weighted by Crippen LogP contribution is 2.25. The summed E-state index contributed by atoms with van der Waals surface area (Å²) in [7, 11) is 0. The Labute approximate surface area is 99.7 Å². The first-order valence-corrected chi connectivity index (χ1v) is 6.57. The van der Waals surface area contributed by atoms with Crippen molar-refractivity contribution in [3.63, 3.8) is 0 Å². The lowest BCUT2D eigenvalue weighted by Crippen LogP contribution is -2.46. The predicted octanol–water partition coefficient (Wildman–Crippen LogP) is 2.34. The molecular formula is C13H27NO2. The lowest BCUT2D eigenvalue weighted by Gasteiger charge is -2.33. The molecule has 0 aromatic rings. The number of rotatable bonds is 7. The van der Waals surface area contributed by atoms with Crippen molar-refractivity contribution in [3.8, 4) is 0 Å². The summed E-state index contributed by atoms with van der Waals surface area (Å²) in [6.45, 7) is 7.17. The monoisotopic (exact) mass is 229 g/mol. The molecule has 1 aliphatic rings. The Morgan fingerprint density at radius 2 is 1.69 bits per heavy atom. The molecule has 0 atom stereocenters. The first-order chi connectivity index (χ1) is 7.62. The average molecular weight is 229 g/mol. The van der Waals surface area contributed by atoms with E-state index in [0.29, 0.717) is 25.7 Å². The van der Waals surface area contributed by atoms with Crippen LogP contribution in [-0.2, 0) is 9.47 Å². The van der Waals surface area contributed by atoms with Crippen molar-refractivity contribution in [3.05, 3.63) is 0 Å². The third-order valence-corrected chi connectivity index (χ3v) is 3.06. The second-order valence-electron chi connectivity index (χ2n) is 5.44. The standard InChI is InChI=1S/C13H27NO2/c1-12(2)10-15-8-9-16-11-13(14)6-4-3-5-7-13/h12H,3-11,14H2,1-2H3. The second kappa shape index (κ2) is 7.25. The van der Waals surface area contributed by atoms with Crippen LogP contribution in [0, 0.1) is 5.92 Å². The van der Waals surface area contributed by atoms with Crippen LogP contribution in [0.1, 0.15) is 46.0 Å². The zero-order valence-corrected chi connectivity index (χ0v) is 10.8. The molecule has 0 heterocycles. The van der Waals surface area contributed by atoms with Crippen LogP contribution >= 0.6 is 0 Å². The molecule has 16 heavy (non-hydrogen) atoms. The first-order valence-electron chi connectivity index (χ1n) is 6.57. The molecule has 0 aliphatic heterocycles. The molecule has 96 valence electrons. The third kappa shape index (κ3) is 5.83. The van der Waals surface area contributed by atoms with E-state index in [2.05, 4.69) is 13.8 Å². The van der Waals surface area contributed by atoms with Crippen molar-refractivity contribution >= 4 is 0 Å². The van der Waals surface area contributed by atoms with Crippen molar-refractivity contribution in [2.24, 2.45) is 11.7 Å². The average Bonchev–Trinajstić information content (AvgIpc) is 2.24. The predicted molar refractivity (Wildman–Crippen MR) is 66.5 cm³/mol. The summed E-state index contributed by atoms with van der Waals surface area (Å²) < 4.78 is 11.1. The fourth-order valence-corrected chi connectivity index (χ4v) is 2.11. The first kappa shape index (κ1) is 13.9. The van der Waals surface area contributed by atoms with Crippen LogP contribution in [0.25, 0.3) is 0 Å². The van der Waals surface area contributed by atoms with Gasteiger partial charge in [0.2, 0.25) is 0 Å². The summed E-state index contributed by atoms with van der Waals surface area (Å²) >= 11 is 0. The van der Waals surface area contributed by atoms with Gasteiger partial charge in [0, 0.05) is 12.1 Å². The smallest absolute Gasteiger partial charge is 0.0701 e. The van der Waals surface area contributed by atoms with Crippen LogP contribution in [0.3, 0.4) is 0 Å². The normalized spacial score (nSPS) is 20.2. The number of hydrogen-bond acceptors (Lipinski definition) is 3. The van der Waals surface area contributed by atoms with Crippen molar-refractivity contribution in [1.82, 2.24) is 0 Å². The number of nitrogens with two attached hydrogens (primary N) is 1. The fraction of sp³-hybridized carbons (Fsp3) is 1.00. The van der Waals surface area contributed by atoms with Gasteiger partial charge in [-0.3, -0.25) is 0 Å². The maximum atomic E-state index is 6.26. The Bertz CT molecular complexity index is 177. The van der Waals surface area contributed by atoms with E-state index in [9.17, 15) is 0 Å². The molecule has 0 aromatic carbocycles. The van der Waals surface area contributed by atoms with Gasteiger partial charge in [-0.25, -0.2) is 0 Å². The highest BCUT2D eigenvalue weighted by Gasteiger charge is 2.27. The fourth-order valence-electron chi connectivity index (χ4n) is 2.11. The molecule has 1 fully saturated rings. The van der Waals surface area contributed by atoms with Crippen molar-refractivity contribution in [2.45, 2.75) is 51.5 Å². The van der Waals surface area contributed by atoms with E-state index in [1.165, 1.54) is 19.3 Å². The highest BCUT2D eigenvalue weighted by atomic mass is 16.5. The maximum Gasteiger partial charge on any atom is 0.0701 e. The Morgan fingerprint density at radius 3 is 2.31 bits per heavy atom. The van der Waals surface area contributed by atoms with Gasteiger partial charge in [-0.2, -0.15) is 0 Å². The third-order valence-electron chi connectivity index (χ3n) is 3.06. The van der Waals surface area contributed by atoms with Crippen LogP contribution in [0.5, 0.6) is 0 Å². The van der Waals surface area contributed by atoms with Gasteiger partial charge < -0.3 is 15.2 Å². The Kier molecular flexibility index (Phi) is 6.32. The Hall–Kier alpha value is -0.120. The van der Waals surface area contributed by atoms with Gasteiger partial charge in [-0.1, -0.05) is 33.1 Å². The van der Waals surface area contributed by atoms with Crippen LogP contribution in [0.2, 0.25) is 0 Å². The van der Waals surface area contributed by atoms with E-state index in [-0.39, 0.29) is 5.54 Å². The van der Waals surface area contributed by atoms with Crippen LogP contribution in [-0.4, -0.2) is 32.0 Å². The van der Waals surface area contributed by atoms with E-state index in [4.69, 9.17) is 15.2 Å². The summed E-state index contributed by atoms with van der Waals surface area (Å²) in [4.78, 5) is 0. The summed E-state index contributed by atoms with van der Waals surface area (Å²) in [6, 6.07) is 0. The molecule has 0 radical (unpaired) electrons. The molecule has 3 nitrogen and oxygen atoms in total.